The van der Waals surface area contributed by atoms with Crippen molar-refractivity contribution in [1.29, 1.82) is 0 Å². The molecule has 7 unspecified atom stereocenters. The molecular formula is C28H48O2. The lowest BCUT2D eigenvalue weighted by atomic mass is 9.49. The molecule has 0 aromatic heterocycles. The summed E-state index contributed by atoms with van der Waals surface area (Å²) in [5.74, 6) is 3.56. The fraction of sp³-hybridized carbons (Fsp3) is 0.929. The molecule has 4 aliphatic rings. The molecule has 30 heavy (non-hydrogen) atoms. The molecule has 2 fully saturated rings. The van der Waals surface area contributed by atoms with Crippen molar-refractivity contribution in [2.75, 3.05) is 0 Å². The van der Waals surface area contributed by atoms with Crippen molar-refractivity contribution in [2.45, 2.75) is 124 Å². The van der Waals surface area contributed by atoms with Gasteiger partial charge in [-0.05, 0) is 112 Å². The van der Waals surface area contributed by atoms with E-state index in [1.807, 2.05) is 25.0 Å². The van der Waals surface area contributed by atoms with Crippen LogP contribution in [0.4, 0.5) is 0 Å². The molecule has 0 heterocycles. The van der Waals surface area contributed by atoms with Gasteiger partial charge in [-0.25, -0.2) is 0 Å². The van der Waals surface area contributed by atoms with E-state index in [-0.39, 0.29) is 6.10 Å². The van der Waals surface area contributed by atoms with Gasteiger partial charge in [0.2, 0.25) is 0 Å². The van der Waals surface area contributed by atoms with Crippen LogP contribution in [0.5, 0.6) is 0 Å². The molecule has 0 saturated heterocycles. The van der Waals surface area contributed by atoms with E-state index in [1.54, 1.807) is 0 Å². The van der Waals surface area contributed by atoms with E-state index >= 15 is 0 Å². The lowest BCUT2D eigenvalue weighted by Crippen LogP contribution is -2.49. The zero-order valence-corrected chi connectivity index (χ0v) is 20.6. The summed E-state index contributed by atoms with van der Waals surface area (Å²) in [6, 6.07) is 0. The van der Waals surface area contributed by atoms with Gasteiger partial charge in [-0.3, -0.25) is 0 Å². The van der Waals surface area contributed by atoms with E-state index in [2.05, 4.69) is 27.7 Å². The van der Waals surface area contributed by atoms with Crippen LogP contribution in [-0.2, 0) is 0 Å². The zero-order chi connectivity index (χ0) is 21.9. The average Bonchev–Trinajstić information content (AvgIpc) is 3.01. The maximum absolute atomic E-state index is 10.5. The Bertz CT molecular complexity index is 673. The smallest absolute Gasteiger partial charge is 0.0591 e. The van der Waals surface area contributed by atoms with Gasteiger partial charge < -0.3 is 10.2 Å². The fourth-order valence-electron chi connectivity index (χ4n) is 8.94. The molecule has 172 valence electrons. The predicted octanol–water partition coefficient (Wildman–Crippen LogP) is 6.89. The van der Waals surface area contributed by atoms with Gasteiger partial charge in [0.15, 0.2) is 0 Å². The number of hydrogen-bond acceptors (Lipinski definition) is 2. The van der Waals surface area contributed by atoms with Crippen LogP contribution in [0, 0.1) is 40.4 Å². The highest BCUT2D eigenvalue weighted by Crippen LogP contribution is 2.66. The van der Waals surface area contributed by atoms with Crippen LogP contribution in [0.25, 0.3) is 0 Å². The Morgan fingerprint density at radius 1 is 1.07 bits per heavy atom. The topological polar surface area (TPSA) is 40.5 Å². The van der Waals surface area contributed by atoms with Crippen molar-refractivity contribution in [3.05, 3.63) is 11.1 Å². The Kier molecular flexibility index (Phi) is 6.02. The van der Waals surface area contributed by atoms with E-state index in [0.717, 1.165) is 37.0 Å². The predicted molar refractivity (Wildman–Crippen MR) is 125 cm³/mol. The van der Waals surface area contributed by atoms with E-state index in [9.17, 15) is 10.2 Å². The number of rotatable bonds is 5. The molecule has 2 saturated carbocycles. The first-order chi connectivity index (χ1) is 14.0. The average molecular weight is 417 g/mol. The van der Waals surface area contributed by atoms with Gasteiger partial charge in [0.05, 0.1) is 11.7 Å². The van der Waals surface area contributed by atoms with Crippen LogP contribution in [0.15, 0.2) is 11.1 Å². The molecule has 4 aliphatic carbocycles. The van der Waals surface area contributed by atoms with Crippen LogP contribution in [-0.4, -0.2) is 21.9 Å². The number of aliphatic hydroxyl groups is 2. The van der Waals surface area contributed by atoms with Gasteiger partial charge >= 0.3 is 0 Å². The minimum Gasteiger partial charge on any atom is -0.393 e. The molecule has 0 radical (unpaired) electrons. The summed E-state index contributed by atoms with van der Waals surface area (Å²) in [5, 5.41) is 20.6. The maximum Gasteiger partial charge on any atom is 0.0591 e. The Balaban J connectivity index is 1.52. The summed E-state index contributed by atoms with van der Waals surface area (Å²) in [5.41, 5.74) is 4.03. The third kappa shape index (κ3) is 3.72. The number of fused-ring (bicyclic) bond motifs is 4. The maximum atomic E-state index is 10.5. The zero-order valence-electron chi connectivity index (χ0n) is 20.6. The summed E-state index contributed by atoms with van der Waals surface area (Å²) in [7, 11) is 0. The fourth-order valence-corrected chi connectivity index (χ4v) is 8.94. The first-order valence-electron chi connectivity index (χ1n) is 13.1. The molecule has 0 aromatic carbocycles. The third-order valence-electron chi connectivity index (χ3n) is 10.7. The quantitative estimate of drug-likeness (QED) is 0.479. The molecule has 0 spiro atoms. The van der Waals surface area contributed by atoms with Gasteiger partial charge in [0, 0.05) is 0 Å². The molecule has 0 aromatic rings. The van der Waals surface area contributed by atoms with Crippen molar-refractivity contribution in [2.24, 2.45) is 40.4 Å². The SMILES string of the molecule is CC1C(O)CCC2(C)C3=C(CCC12)C1CCC([C@H](C)CCCC(C)(C)O)C1(C)CC3. The van der Waals surface area contributed by atoms with Crippen molar-refractivity contribution >= 4 is 0 Å². The molecule has 2 heteroatoms. The van der Waals surface area contributed by atoms with Gasteiger partial charge in [0.1, 0.15) is 0 Å². The van der Waals surface area contributed by atoms with Gasteiger partial charge in [-0.1, -0.05) is 51.7 Å². The second-order valence-corrected chi connectivity index (χ2v) is 13.0. The second kappa shape index (κ2) is 7.91. The van der Waals surface area contributed by atoms with Crippen LogP contribution in [0.1, 0.15) is 112 Å². The standard InChI is InChI=1S/C28H48O2/c1-18(8-7-15-26(3,4)30)21-11-12-23-20-9-10-22-19(2)25(29)14-17-28(22,6)24(20)13-16-27(21,23)5/h18-19,21-23,25,29-30H,7-17H2,1-6H3/t18-,19?,21?,22?,23?,25?,27?,28?/m1/s1. The monoisotopic (exact) mass is 416 g/mol. The molecule has 2 N–H and O–H groups in total. The lowest BCUT2D eigenvalue weighted by molar-refractivity contribution is -0.0336. The van der Waals surface area contributed by atoms with E-state index < -0.39 is 5.60 Å². The molecule has 0 aliphatic heterocycles. The van der Waals surface area contributed by atoms with Crippen LogP contribution >= 0.6 is 0 Å². The highest BCUT2D eigenvalue weighted by Gasteiger charge is 2.56. The van der Waals surface area contributed by atoms with Crippen molar-refractivity contribution < 1.29 is 10.2 Å². The number of aliphatic hydroxyl groups excluding tert-OH is 1. The number of hydrogen-bond donors (Lipinski definition) is 2. The van der Waals surface area contributed by atoms with Crippen molar-refractivity contribution in [3.63, 3.8) is 0 Å². The van der Waals surface area contributed by atoms with E-state index in [1.165, 1.54) is 51.4 Å². The first kappa shape index (κ1) is 22.8. The molecular weight excluding hydrogens is 368 g/mol. The van der Waals surface area contributed by atoms with Gasteiger partial charge in [0.25, 0.3) is 0 Å². The first-order valence-corrected chi connectivity index (χ1v) is 13.1. The molecule has 0 bridgehead atoms. The summed E-state index contributed by atoms with van der Waals surface area (Å²) in [6.07, 6.45) is 13.5. The van der Waals surface area contributed by atoms with Crippen LogP contribution < -0.4 is 0 Å². The second-order valence-electron chi connectivity index (χ2n) is 13.0. The third-order valence-corrected chi connectivity index (χ3v) is 10.7. The van der Waals surface area contributed by atoms with Crippen molar-refractivity contribution in [1.82, 2.24) is 0 Å². The summed E-state index contributed by atoms with van der Waals surface area (Å²) in [4.78, 5) is 0. The largest absolute Gasteiger partial charge is 0.393 e. The summed E-state index contributed by atoms with van der Waals surface area (Å²) in [6.45, 7) is 13.9. The highest BCUT2D eigenvalue weighted by atomic mass is 16.3. The minimum absolute atomic E-state index is 0.0836. The molecule has 4 rings (SSSR count). The molecule has 2 nitrogen and oxygen atoms in total. The number of allylic oxidation sites excluding steroid dienone is 2. The van der Waals surface area contributed by atoms with E-state index in [4.69, 9.17) is 0 Å². The van der Waals surface area contributed by atoms with Gasteiger partial charge in [-0.15, -0.1) is 0 Å². The lowest BCUT2D eigenvalue weighted by Gasteiger charge is -2.56. The van der Waals surface area contributed by atoms with Gasteiger partial charge in [-0.2, -0.15) is 0 Å². The van der Waals surface area contributed by atoms with Crippen molar-refractivity contribution in [3.8, 4) is 0 Å². The van der Waals surface area contributed by atoms with Crippen LogP contribution in [0.3, 0.4) is 0 Å². The Morgan fingerprint density at radius 3 is 2.50 bits per heavy atom. The highest BCUT2D eigenvalue weighted by molar-refractivity contribution is 5.34. The Hall–Kier alpha value is -0.340. The molecule has 0 amide bonds. The minimum atomic E-state index is -0.523. The summed E-state index contributed by atoms with van der Waals surface area (Å²) < 4.78 is 0. The summed E-state index contributed by atoms with van der Waals surface area (Å²) >= 11 is 0. The van der Waals surface area contributed by atoms with E-state index in [0.29, 0.717) is 22.7 Å². The molecule has 8 atom stereocenters. The normalized spacial score (nSPS) is 45.0. The Labute approximate surface area is 185 Å². The van der Waals surface area contributed by atoms with Crippen LogP contribution in [0.2, 0.25) is 0 Å². The Morgan fingerprint density at radius 2 is 1.80 bits per heavy atom.